The van der Waals surface area contributed by atoms with E-state index in [1.54, 1.807) is 64.8 Å². The van der Waals surface area contributed by atoms with Crippen molar-refractivity contribution in [1.82, 2.24) is 0 Å². The number of methoxy groups -OCH3 is 4. The van der Waals surface area contributed by atoms with Crippen LogP contribution in [0.2, 0.25) is 0 Å². The first-order valence-electron chi connectivity index (χ1n) is 19.5. The fourth-order valence-corrected chi connectivity index (χ4v) is 8.06. The summed E-state index contributed by atoms with van der Waals surface area (Å²) in [4.78, 5) is 33.2. The Balaban J connectivity index is 1.73. The zero-order chi connectivity index (χ0) is 45.9. The van der Waals surface area contributed by atoms with Gasteiger partial charge in [-0.2, -0.15) is 0 Å². The maximum atomic E-state index is 11.5. The number of nitro benzene ring substituents is 3. The highest BCUT2D eigenvalue weighted by Gasteiger charge is 2.46. The highest BCUT2D eigenvalue weighted by atomic mass is 16.6. The Morgan fingerprint density at radius 2 is 0.667 bits per heavy atom. The number of hydrogen-bond donors (Lipinski definition) is 0. The molecule has 0 heterocycles. The molecule has 6 aromatic carbocycles. The summed E-state index contributed by atoms with van der Waals surface area (Å²) >= 11 is 0. The third-order valence-electron chi connectivity index (χ3n) is 11.2. The maximum absolute atomic E-state index is 11.5. The molecule has 0 saturated heterocycles. The van der Waals surface area contributed by atoms with Crippen LogP contribution in [0.5, 0.6) is 17.2 Å². The summed E-state index contributed by atoms with van der Waals surface area (Å²) in [6.45, 7) is 18.9. The molecule has 0 N–H and O–H groups in total. The molecule has 0 aliphatic heterocycles. The van der Waals surface area contributed by atoms with Gasteiger partial charge in [0.25, 0.3) is 17.1 Å². The van der Waals surface area contributed by atoms with Crippen molar-refractivity contribution in [2.45, 2.75) is 26.4 Å². The Kier molecular flexibility index (Phi) is 12.7. The molecule has 13 heteroatoms. The highest BCUT2D eigenvalue weighted by molar-refractivity contribution is 5.84. The van der Waals surface area contributed by atoms with Gasteiger partial charge in [-0.05, 0) is 160 Å². The van der Waals surface area contributed by atoms with E-state index in [0.717, 1.165) is 0 Å². The van der Waals surface area contributed by atoms with Crippen molar-refractivity contribution in [3.63, 3.8) is 0 Å². The zero-order valence-corrected chi connectivity index (χ0v) is 35.9. The van der Waals surface area contributed by atoms with Crippen molar-refractivity contribution >= 4 is 33.8 Å². The van der Waals surface area contributed by atoms with E-state index in [1.165, 1.54) is 36.4 Å². The highest BCUT2D eigenvalue weighted by Crippen LogP contribution is 2.54. The standard InChI is InChI=1S/C50H45N3O10/c1-29-23-38(32(4)35-11-17-41(18-12-35)51(54)55)26-44(47(29)60-7)50(63-10,45-27-39(24-30(2)48(45)61-8)33(5)36-13-19-42(20-14-36)52(56)57)46-28-40(25-31(3)49(46)62-9)34(6)37-15-21-43(22-16-37)53(58)59/h11-28H,4-6H2,1-3,7-10H3. The van der Waals surface area contributed by atoms with Gasteiger partial charge < -0.3 is 18.9 Å². The largest absolute Gasteiger partial charge is 0.496 e. The molecule has 0 aromatic heterocycles. The molecule has 0 aliphatic rings. The molecule has 0 saturated carbocycles. The van der Waals surface area contributed by atoms with E-state index in [0.29, 0.717) is 101 Å². The summed E-state index contributed by atoms with van der Waals surface area (Å²) in [7, 11) is 6.23. The predicted molar refractivity (Wildman–Crippen MR) is 244 cm³/mol. The summed E-state index contributed by atoms with van der Waals surface area (Å²) in [5.74, 6) is 1.36. The van der Waals surface area contributed by atoms with Crippen LogP contribution in [0.3, 0.4) is 0 Å². The number of nitro groups is 3. The molecule has 0 spiro atoms. The summed E-state index contributed by atoms with van der Waals surface area (Å²) in [5.41, 5.74) is 7.39. The Morgan fingerprint density at radius 3 is 0.857 bits per heavy atom. The molecule has 320 valence electrons. The first-order chi connectivity index (χ1) is 30.0. The minimum absolute atomic E-state index is 0.0631. The quantitative estimate of drug-likeness (QED) is 0.0519. The van der Waals surface area contributed by atoms with Crippen LogP contribution in [-0.2, 0) is 10.3 Å². The molecule has 0 atom stereocenters. The average molecular weight is 848 g/mol. The van der Waals surface area contributed by atoms with Gasteiger partial charge in [0.1, 0.15) is 17.2 Å². The maximum Gasteiger partial charge on any atom is 0.269 e. The van der Waals surface area contributed by atoms with Crippen LogP contribution in [0.1, 0.15) is 66.8 Å². The van der Waals surface area contributed by atoms with Crippen LogP contribution in [0.25, 0.3) is 16.7 Å². The zero-order valence-electron chi connectivity index (χ0n) is 35.9. The van der Waals surface area contributed by atoms with Gasteiger partial charge in [0.2, 0.25) is 0 Å². The normalized spacial score (nSPS) is 11.1. The van der Waals surface area contributed by atoms with E-state index < -0.39 is 20.4 Å². The molecule has 0 aliphatic carbocycles. The van der Waals surface area contributed by atoms with Gasteiger partial charge in [-0.1, -0.05) is 19.7 Å². The fraction of sp³-hybridized carbons (Fsp3) is 0.160. The monoisotopic (exact) mass is 847 g/mol. The number of benzene rings is 6. The van der Waals surface area contributed by atoms with Crippen LogP contribution < -0.4 is 14.2 Å². The smallest absolute Gasteiger partial charge is 0.269 e. The van der Waals surface area contributed by atoms with Crippen molar-refractivity contribution in [2.75, 3.05) is 28.4 Å². The number of ether oxygens (including phenoxy) is 4. The number of nitrogens with zero attached hydrogens (tertiary/aromatic N) is 3. The fourth-order valence-electron chi connectivity index (χ4n) is 8.06. The van der Waals surface area contributed by atoms with E-state index in [2.05, 4.69) is 19.7 Å². The minimum atomic E-state index is -1.66. The molecule has 0 fully saturated rings. The van der Waals surface area contributed by atoms with Crippen LogP contribution in [0.15, 0.2) is 129 Å². The molecule has 0 amide bonds. The van der Waals surface area contributed by atoms with Gasteiger partial charge >= 0.3 is 0 Å². The third kappa shape index (κ3) is 8.29. The predicted octanol–water partition coefficient (Wildman–Crippen LogP) is 11.5. The topological polar surface area (TPSA) is 166 Å². The van der Waals surface area contributed by atoms with Crippen LogP contribution >= 0.6 is 0 Å². The third-order valence-corrected chi connectivity index (χ3v) is 11.2. The molecule has 6 aromatic rings. The summed E-state index contributed by atoms with van der Waals surface area (Å²) < 4.78 is 25.8. The molecular weight excluding hydrogens is 803 g/mol. The van der Waals surface area contributed by atoms with E-state index in [9.17, 15) is 30.3 Å². The molecule has 63 heavy (non-hydrogen) atoms. The molecule has 0 bridgehead atoms. The number of aryl methyl sites for hydroxylation is 3. The Hall–Kier alpha value is -7.90. The van der Waals surface area contributed by atoms with E-state index in [4.69, 9.17) is 18.9 Å². The SMILES string of the molecule is C=C(c1ccc([N+](=O)[O-])cc1)c1cc(C)c(OC)c(C(OC)(c2cc(C(=C)c3ccc([N+](=O)[O-])cc3)cc(C)c2OC)c2cc(C(=C)c3ccc([N+](=O)[O-])cc3)cc(C)c2OC)c1. The molecular formula is C50H45N3O10. The first kappa shape index (κ1) is 44.6. The molecule has 6 rings (SSSR count). The lowest BCUT2D eigenvalue weighted by Gasteiger charge is -2.39. The van der Waals surface area contributed by atoms with Gasteiger partial charge in [0.15, 0.2) is 5.60 Å². The Morgan fingerprint density at radius 1 is 0.429 bits per heavy atom. The molecule has 0 unspecified atom stereocenters. The van der Waals surface area contributed by atoms with Crippen molar-refractivity contribution in [3.05, 3.63) is 226 Å². The van der Waals surface area contributed by atoms with Gasteiger partial charge in [-0.3, -0.25) is 30.3 Å². The van der Waals surface area contributed by atoms with Crippen LogP contribution in [-0.4, -0.2) is 43.2 Å². The van der Waals surface area contributed by atoms with Gasteiger partial charge in [0.05, 0.1) is 36.1 Å². The van der Waals surface area contributed by atoms with Gasteiger partial charge in [0, 0.05) is 60.2 Å². The van der Waals surface area contributed by atoms with Crippen molar-refractivity contribution in [1.29, 1.82) is 0 Å². The van der Waals surface area contributed by atoms with E-state index in [-0.39, 0.29) is 17.1 Å². The first-order valence-corrected chi connectivity index (χ1v) is 19.5. The second-order valence-corrected chi connectivity index (χ2v) is 14.9. The second-order valence-electron chi connectivity index (χ2n) is 14.9. The van der Waals surface area contributed by atoms with Gasteiger partial charge in [-0.25, -0.2) is 0 Å². The lowest BCUT2D eigenvalue weighted by Crippen LogP contribution is -2.34. The second kappa shape index (κ2) is 18.0. The number of non-ortho nitro benzene ring substituents is 3. The van der Waals surface area contributed by atoms with Crippen molar-refractivity contribution < 1.29 is 33.7 Å². The lowest BCUT2D eigenvalue weighted by molar-refractivity contribution is -0.385. The summed E-state index contributed by atoms with van der Waals surface area (Å²) in [5, 5.41) is 34.6. The van der Waals surface area contributed by atoms with Crippen LogP contribution in [0, 0.1) is 51.1 Å². The summed E-state index contributed by atoms with van der Waals surface area (Å²) in [6.07, 6.45) is 0. The Labute approximate surface area is 364 Å². The summed E-state index contributed by atoms with van der Waals surface area (Å²) in [6, 6.07) is 29.8. The lowest BCUT2D eigenvalue weighted by atomic mass is 9.74. The van der Waals surface area contributed by atoms with Gasteiger partial charge in [-0.15, -0.1) is 0 Å². The molecule has 13 nitrogen and oxygen atoms in total. The number of rotatable bonds is 16. The Bertz CT molecular complexity index is 2520. The molecule has 0 radical (unpaired) electrons. The van der Waals surface area contributed by atoms with Crippen molar-refractivity contribution in [2.24, 2.45) is 0 Å². The average Bonchev–Trinajstić information content (AvgIpc) is 3.28. The minimum Gasteiger partial charge on any atom is -0.496 e. The van der Waals surface area contributed by atoms with E-state index >= 15 is 0 Å². The van der Waals surface area contributed by atoms with E-state index in [1.807, 2.05) is 57.2 Å². The van der Waals surface area contributed by atoms with Crippen molar-refractivity contribution in [3.8, 4) is 17.2 Å². The number of hydrogen-bond acceptors (Lipinski definition) is 10. The van der Waals surface area contributed by atoms with Crippen LogP contribution in [0.4, 0.5) is 17.1 Å².